The van der Waals surface area contributed by atoms with Crippen LogP contribution in [0.15, 0.2) is 18.2 Å². The minimum atomic E-state index is -0.461. The lowest BCUT2D eigenvalue weighted by molar-refractivity contribution is -0.119. The molecule has 0 spiro atoms. The maximum absolute atomic E-state index is 13.1. The van der Waals surface area contributed by atoms with Crippen molar-refractivity contribution < 1.29 is 9.18 Å². The Morgan fingerprint density at radius 1 is 1.50 bits per heavy atom. The van der Waals surface area contributed by atoms with Crippen LogP contribution in [-0.4, -0.2) is 18.9 Å². The van der Waals surface area contributed by atoms with Gasteiger partial charge in [0, 0.05) is 12.8 Å². The zero-order valence-corrected chi connectivity index (χ0v) is 9.56. The third-order valence-electron chi connectivity index (χ3n) is 2.80. The summed E-state index contributed by atoms with van der Waals surface area (Å²) in [5.41, 5.74) is 0.582. The zero-order valence-electron chi connectivity index (χ0n) is 8.80. The highest BCUT2D eigenvalue weighted by Gasteiger charge is 2.20. The van der Waals surface area contributed by atoms with E-state index in [1.807, 2.05) is 0 Å². The van der Waals surface area contributed by atoms with E-state index in [4.69, 9.17) is 11.6 Å². The predicted octanol–water partition coefficient (Wildman–Crippen LogP) is 2.20. The number of ketones is 1. The Morgan fingerprint density at radius 3 is 2.88 bits per heavy atom. The molecule has 1 heterocycles. The molecule has 2 rings (SSSR count). The largest absolute Gasteiger partial charge is 0.316 e. The molecule has 4 heteroatoms. The number of carbonyl (C=O) groups is 1. The van der Waals surface area contributed by atoms with Crippen molar-refractivity contribution in [2.45, 2.75) is 12.8 Å². The van der Waals surface area contributed by atoms with Crippen molar-refractivity contribution in [1.82, 2.24) is 5.32 Å². The predicted molar refractivity (Wildman–Crippen MR) is 61.1 cm³/mol. The third kappa shape index (κ3) is 2.60. The Bertz CT molecular complexity index is 404. The molecule has 1 aromatic rings. The SMILES string of the molecule is O=C(Cc1cccc(F)c1Cl)CC1CNC1. The molecule has 86 valence electrons. The summed E-state index contributed by atoms with van der Waals surface area (Å²) in [6, 6.07) is 4.57. The molecule has 0 bridgehead atoms. The summed E-state index contributed by atoms with van der Waals surface area (Å²) in [7, 11) is 0. The van der Waals surface area contributed by atoms with E-state index in [1.54, 1.807) is 12.1 Å². The maximum Gasteiger partial charge on any atom is 0.142 e. The molecule has 0 saturated carbocycles. The van der Waals surface area contributed by atoms with Gasteiger partial charge in [-0.05, 0) is 30.6 Å². The summed E-state index contributed by atoms with van der Waals surface area (Å²) in [5, 5.41) is 3.18. The standard InChI is InChI=1S/C12H13ClFNO/c13-12-9(2-1-3-11(12)14)5-10(16)4-8-6-15-7-8/h1-3,8,15H,4-7H2. The summed E-state index contributed by atoms with van der Waals surface area (Å²) < 4.78 is 13.1. The molecule has 0 unspecified atom stereocenters. The Kier molecular flexibility index (Phi) is 3.56. The summed E-state index contributed by atoms with van der Waals surface area (Å²) in [6.45, 7) is 1.81. The van der Waals surface area contributed by atoms with Crippen LogP contribution in [0, 0.1) is 11.7 Å². The monoisotopic (exact) mass is 241 g/mol. The number of carbonyl (C=O) groups excluding carboxylic acids is 1. The molecule has 0 aliphatic carbocycles. The number of hydrogen-bond acceptors (Lipinski definition) is 2. The van der Waals surface area contributed by atoms with E-state index in [2.05, 4.69) is 5.32 Å². The summed E-state index contributed by atoms with van der Waals surface area (Å²) >= 11 is 5.78. The van der Waals surface area contributed by atoms with Gasteiger partial charge in [0.05, 0.1) is 5.02 Å². The van der Waals surface area contributed by atoms with Crippen LogP contribution in [-0.2, 0) is 11.2 Å². The van der Waals surface area contributed by atoms with Gasteiger partial charge in [-0.15, -0.1) is 0 Å². The third-order valence-corrected chi connectivity index (χ3v) is 3.22. The van der Waals surface area contributed by atoms with Crippen LogP contribution >= 0.6 is 11.6 Å². The van der Waals surface area contributed by atoms with Crippen LogP contribution in [0.4, 0.5) is 4.39 Å². The normalized spacial score (nSPS) is 15.9. The number of nitrogens with one attached hydrogen (secondary N) is 1. The topological polar surface area (TPSA) is 29.1 Å². The smallest absolute Gasteiger partial charge is 0.142 e. The maximum atomic E-state index is 13.1. The van der Waals surface area contributed by atoms with Crippen LogP contribution < -0.4 is 5.32 Å². The van der Waals surface area contributed by atoms with Crippen LogP contribution in [0.3, 0.4) is 0 Å². The highest BCUT2D eigenvalue weighted by Crippen LogP contribution is 2.21. The van der Waals surface area contributed by atoms with E-state index in [0.29, 0.717) is 17.9 Å². The Labute approximate surface area is 98.8 Å². The van der Waals surface area contributed by atoms with Crippen molar-refractivity contribution in [3.8, 4) is 0 Å². The van der Waals surface area contributed by atoms with Gasteiger partial charge in [-0.25, -0.2) is 4.39 Å². The van der Waals surface area contributed by atoms with E-state index in [0.717, 1.165) is 13.1 Å². The van der Waals surface area contributed by atoms with Crippen LogP contribution in [0.25, 0.3) is 0 Å². The minimum absolute atomic E-state index is 0.0718. The van der Waals surface area contributed by atoms with Crippen LogP contribution in [0.5, 0.6) is 0 Å². The number of halogens is 2. The number of hydrogen-bond donors (Lipinski definition) is 1. The van der Waals surface area contributed by atoms with Gasteiger partial charge in [0.1, 0.15) is 11.6 Å². The van der Waals surface area contributed by atoms with Gasteiger partial charge in [0.25, 0.3) is 0 Å². The Balaban J connectivity index is 1.97. The molecular formula is C12H13ClFNO. The van der Waals surface area contributed by atoms with E-state index in [-0.39, 0.29) is 17.2 Å². The molecule has 0 atom stereocenters. The first kappa shape index (κ1) is 11.6. The fraction of sp³-hybridized carbons (Fsp3) is 0.417. The lowest BCUT2D eigenvalue weighted by atomic mass is 9.94. The molecular weight excluding hydrogens is 229 g/mol. The zero-order chi connectivity index (χ0) is 11.5. The van der Waals surface area contributed by atoms with Crippen molar-refractivity contribution >= 4 is 17.4 Å². The van der Waals surface area contributed by atoms with E-state index in [9.17, 15) is 9.18 Å². The van der Waals surface area contributed by atoms with Crippen molar-refractivity contribution in [3.63, 3.8) is 0 Å². The average molecular weight is 242 g/mol. The Hall–Kier alpha value is -0.930. The van der Waals surface area contributed by atoms with Crippen LogP contribution in [0.1, 0.15) is 12.0 Å². The molecule has 1 N–H and O–H groups in total. The molecule has 1 aromatic carbocycles. The second-order valence-corrected chi connectivity index (χ2v) is 4.53. The lowest BCUT2D eigenvalue weighted by Crippen LogP contribution is -2.43. The number of benzene rings is 1. The van der Waals surface area contributed by atoms with Gasteiger partial charge >= 0.3 is 0 Å². The van der Waals surface area contributed by atoms with E-state index in [1.165, 1.54) is 6.07 Å². The molecule has 2 nitrogen and oxygen atoms in total. The Morgan fingerprint density at radius 2 is 2.25 bits per heavy atom. The van der Waals surface area contributed by atoms with Crippen molar-refractivity contribution in [1.29, 1.82) is 0 Å². The fourth-order valence-corrected chi connectivity index (χ4v) is 1.98. The summed E-state index contributed by atoms with van der Waals surface area (Å²) in [6.07, 6.45) is 0.785. The summed E-state index contributed by atoms with van der Waals surface area (Å²) in [5.74, 6) is 0.108. The molecule has 1 saturated heterocycles. The van der Waals surface area contributed by atoms with E-state index >= 15 is 0 Å². The van der Waals surface area contributed by atoms with Gasteiger partial charge in [-0.2, -0.15) is 0 Å². The molecule has 0 amide bonds. The molecule has 1 aliphatic rings. The molecule has 16 heavy (non-hydrogen) atoms. The molecule has 1 fully saturated rings. The first-order valence-corrected chi connectivity index (χ1v) is 5.70. The molecule has 1 aliphatic heterocycles. The van der Waals surface area contributed by atoms with Crippen molar-refractivity contribution in [2.24, 2.45) is 5.92 Å². The van der Waals surface area contributed by atoms with Gasteiger partial charge in [0.2, 0.25) is 0 Å². The van der Waals surface area contributed by atoms with Gasteiger partial charge < -0.3 is 5.32 Å². The number of Topliss-reactive ketones (excluding diaryl/α,β-unsaturated/α-hetero) is 1. The van der Waals surface area contributed by atoms with Crippen LogP contribution in [0.2, 0.25) is 5.02 Å². The highest BCUT2D eigenvalue weighted by molar-refractivity contribution is 6.31. The molecule has 0 radical (unpaired) electrons. The van der Waals surface area contributed by atoms with Crippen molar-refractivity contribution in [2.75, 3.05) is 13.1 Å². The molecule has 0 aromatic heterocycles. The highest BCUT2D eigenvalue weighted by atomic mass is 35.5. The minimum Gasteiger partial charge on any atom is -0.316 e. The van der Waals surface area contributed by atoms with Crippen molar-refractivity contribution in [3.05, 3.63) is 34.6 Å². The fourth-order valence-electron chi connectivity index (χ4n) is 1.78. The average Bonchev–Trinajstić information content (AvgIpc) is 2.19. The van der Waals surface area contributed by atoms with Gasteiger partial charge in [0.15, 0.2) is 0 Å². The van der Waals surface area contributed by atoms with E-state index < -0.39 is 5.82 Å². The number of rotatable bonds is 4. The summed E-state index contributed by atoms with van der Waals surface area (Å²) in [4.78, 5) is 11.7. The second kappa shape index (κ2) is 4.93. The van der Waals surface area contributed by atoms with Gasteiger partial charge in [-0.1, -0.05) is 23.7 Å². The first-order chi connectivity index (χ1) is 7.66. The first-order valence-electron chi connectivity index (χ1n) is 5.32. The quantitative estimate of drug-likeness (QED) is 0.876. The van der Waals surface area contributed by atoms with Gasteiger partial charge in [-0.3, -0.25) is 4.79 Å². The lowest BCUT2D eigenvalue weighted by Gasteiger charge is -2.26. The second-order valence-electron chi connectivity index (χ2n) is 4.16.